The lowest BCUT2D eigenvalue weighted by Gasteiger charge is -2.26. The molecule has 1 aromatic rings. The maximum Gasteiger partial charge on any atom is 0.123 e. The van der Waals surface area contributed by atoms with Crippen LogP contribution in [0.3, 0.4) is 0 Å². The SMILES string of the molecule is CCN(CCC#N)c1ccc(F)cc1[C@H](C)N. The third-order valence-corrected chi connectivity index (χ3v) is 2.70. The van der Waals surface area contributed by atoms with E-state index in [0.717, 1.165) is 17.8 Å². The van der Waals surface area contributed by atoms with Crippen LogP contribution in [0.25, 0.3) is 0 Å². The molecule has 17 heavy (non-hydrogen) atoms. The molecule has 1 rings (SSSR count). The summed E-state index contributed by atoms with van der Waals surface area (Å²) >= 11 is 0. The number of benzene rings is 1. The van der Waals surface area contributed by atoms with Crippen LogP contribution in [0, 0.1) is 17.1 Å². The van der Waals surface area contributed by atoms with Crippen LogP contribution in [0.4, 0.5) is 10.1 Å². The quantitative estimate of drug-likeness (QED) is 0.853. The van der Waals surface area contributed by atoms with Gasteiger partial charge in [-0.2, -0.15) is 5.26 Å². The van der Waals surface area contributed by atoms with E-state index in [1.165, 1.54) is 12.1 Å². The maximum atomic E-state index is 13.2. The summed E-state index contributed by atoms with van der Waals surface area (Å²) in [5, 5.41) is 8.62. The fourth-order valence-electron chi connectivity index (χ4n) is 1.81. The molecule has 0 aliphatic heterocycles. The topological polar surface area (TPSA) is 53.0 Å². The molecule has 0 saturated carbocycles. The molecule has 1 aromatic carbocycles. The van der Waals surface area contributed by atoms with Crippen LogP contribution in [-0.2, 0) is 0 Å². The minimum absolute atomic E-state index is 0.225. The summed E-state index contributed by atoms with van der Waals surface area (Å²) < 4.78 is 13.2. The molecule has 0 spiro atoms. The lowest BCUT2D eigenvalue weighted by Crippen LogP contribution is -2.26. The van der Waals surface area contributed by atoms with Crippen molar-refractivity contribution in [2.24, 2.45) is 5.73 Å². The van der Waals surface area contributed by atoms with E-state index in [4.69, 9.17) is 11.0 Å². The van der Waals surface area contributed by atoms with Crippen LogP contribution in [0.1, 0.15) is 31.9 Å². The van der Waals surface area contributed by atoms with Gasteiger partial charge in [-0.25, -0.2) is 4.39 Å². The van der Waals surface area contributed by atoms with E-state index in [2.05, 4.69) is 6.07 Å². The Balaban J connectivity index is 3.05. The zero-order chi connectivity index (χ0) is 12.8. The van der Waals surface area contributed by atoms with Crippen molar-refractivity contribution in [3.63, 3.8) is 0 Å². The van der Waals surface area contributed by atoms with E-state index in [0.29, 0.717) is 13.0 Å². The van der Waals surface area contributed by atoms with E-state index in [1.54, 1.807) is 6.07 Å². The maximum absolute atomic E-state index is 13.2. The van der Waals surface area contributed by atoms with E-state index >= 15 is 0 Å². The number of halogens is 1. The van der Waals surface area contributed by atoms with Gasteiger partial charge in [-0.3, -0.25) is 0 Å². The molecular weight excluding hydrogens is 217 g/mol. The molecule has 0 unspecified atom stereocenters. The van der Waals surface area contributed by atoms with Crippen LogP contribution in [0.5, 0.6) is 0 Å². The van der Waals surface area contributed by atoms with Crippen molar-refractivity contribution in [3.8, 4) is 6.07 Å². The molecule has 1 atom stereocenters. The van der Waals surface area contributed by atoms with Gasteiger partial charge in [0, 0.05) is 24.8 Å². The highest BCUT2D eigenvalue weighted by Gasteiger charge is 2.13. The highest BCUT2D eigenvalue weighted by molar-refractivity contribution is 5.55. The second-order valence-corrected chi connectivity index (χ2v) is 3.98. The Morgan fingerprint density at radius 1 is 1.53 bits per heavy atom. The van der Waals surface area contributed by atoms with Gasteiger partial charge in [0.05, 0.1) is 12.5 Å². The number of nitrogens with two attached hydrogens (primary N) is 1. The van der Waals surface area contributed by atoms with E-state index in [9.17, 15) is 4.39 Å². The molecular formula is C13H18FN3. The molecule has 2 N–H and O–H groups in total. The van der Waals surface area contributed by atoms with Crippen LogP contribution < -0.4 is 10.6 Å². The van der Waals surface area contributed by atoms with Crippen molar-refractivity contribution in [2.45, 2.75) is 26.3 Å². The fraction of sp³-hybridized carbons (Fsp3) is 0.462. The van der Waals surface area contributed by atoms with Gasteiger partial charge < -0.3 is 10.6 Å². The average molecular weight is 235 g/mol. The Kier molecular flexibility index (Phi) is 4.92. The average Bonchev–Trinajstić information content (AvgIpc) is 2.31. The lowest BCUT2D eigenvalue weighted by atomic mass is 10.1. The van der Waals surface area contributed by atoms with Crippen molar-refractivity contribution in [1.29, 1.82) is 5.26 Å². The molecule has 0 bridgehead atoms. The minimum atomic E-state index is -0.280. The van der Waals surface area contributed by atoms with Crippen molar-refractivity contribution < 1.29 is 4.39 Å². The van der Waals surface area contributed by atoms with Crippen LogP contribution in [0.2, 0.25) is 0 Å². The van der Waals surface area contributed by atoms with Crippen LogP contribution >= 0.6 is 0 Å². The first-order valence-corrected chi connectivity index (χ1v) is 5.77. The van der Waals surface area contributed by atoms with Gasteiger partial charge >= 0.3 is 0 Å². The van der Waals surface area contributed by atoms with E-state index < -0.39 is 0 Å². The molecule has 92 valence electrons. The third kappa shape index (κ3) is 3.43. The third-order valence-electron chi connectivity index (χ3n) is 2.70. The van der Waals surface area contributed by atoms with Gasteiger partial charge in [0.2, 0.25) is 0 Å². The van der Waals surface area contributed by atoms with Gasteiger partial charge in [0.15, 0.2) is 0 Å². The molecule has 0 fully saturated rings. The molecule has 0 aromatic heterocycles. The highest BCUT2D eigenvalue weighted by atomic mass is 19.1. The summed E-state index contributed by atoms with van der Waals surface area (Å²) in [6, 6.07) is 6.52. The molecule has 0 amide bonds. The van der Waals surface area contributed by atoms with Gasteiger partial charge in [-0.15, -0.1) is 0 Å². The summed E-state index contributed by atoms with van der Waals surface area (Å²) in [4.78, 5) is 2.04. The molecule has 0 aliphatic rings. The van der Waals surface area contributed by atoms with Gasteiger partial charge in [0.25, 0.3) is 0 Å². The summed E-state index contributed by atoms with van der Waals surface area (Å²) in [5.41, 5.74) is 7.54. The van der Waals surface area contributed by atoms with Crippen molar-refractivity contribution in [1.82, 2.24) is 0 Å². The largest absolute Gasteiger partial charge is 0.371 e. The van der Waals surface area contributed by atoms with Gasteiger partial charge in [-0.1, -0.05) is 0 Å². The zero-order valence-electron chi connectivity index (χ0n) is 10.3. The molecule has 3 nitrogen and oxygen atoms in total. The first-order valence-electron chi connectivity index (χ1n) is 5.77. The first-order chi connectivity index (χ1) is 8.10. The summed E-state index contributed by atoms with van der Waals surface area (Å²) in [7, 11) is 0. The predicted molar refractivity (Wildman–Crippen MR) is 67.1 cm³/mol. The normalized spacial score (nSPS) is 11.9. The van der Waals surface area contributed by atoms with Gasteiger partial charge in [0.1, 0.15) is 5.82 Å². The van der Waals surface area contributed by atoms with E-state index in [1.807, 2.05) is 18.7 Å². The Hall–Kier alpha value is -1.60. The Morgan fingerprint density at radius 3 is 2.76 bits per heavy atom. The van der Waals surface area contributed by atoms with Gasteiger partial charge in [-0.05, 0) is 37.6 Å². The van der Waals surface area contributed by atoms with Crippen LogP contribution in [-0.4, -0.2) is 13.1 Å². The number of anilines is 1. The second-order valence-electron chi connectivity index (χ2n) is 3.98. The minimum Gasteiger partial charge on any atom is -0.371 e. The van der Waals surface area contributed by atoms with Crippen molar-refractivity contribution in [2.75, 3.05) is 18.0 Å². The predicted octanol–water partition coefficient (Wildman–Crippen LogP) is 2.59. The standard InChI is InChI=1S/C13H18FN3/c1-3-17(8-4-7-15)13-6-5-11(14)9-12(13)10(2)16/h5-6,9-10H,3-4,8,16H2,1-2H3/t10-/m0/s1. The first kappa shape index (κ1) is 13.5. The Labute approximate surface area is 102 Å². The molecule has 0 saturated heterocycles. The lowest BCUT2D eigenvalue weighted by molar-refractivity contribution is 0.621. The highest BCUT2D eigenvalue weighted by Crippen LogP contribution is 2.26. The Morgan fingerprint density at radius 2 is 2.24 bits per heavy atom. The van der Waals surface area contributed by atoms with Crippen molar-refractivity contribution >= 4 is 5.69 Å². The Bertz CT molecular complexity index is 410. The smallest absolute Gasteiger partial charge is 0.123 e. The molecule has 4 heteroatoms. The molecule has 0 heterocycles. The summed E-state index contributed by atoms with van der Waals surface area (Å²) in [6.45, 7) is 5.24. The number of nitrogens with zero attached hydrogens (tertiary/aromatic N) is 2. The van der Waals surface area contributed by atoms with E-state index in [-0.39, 0.29) is 11.9 Å². The summed E-state index contributed by atoms with van der Waals surface area (Å²) in [5.74, 6) is -0.280. The number of hydrogen-bond acceptors (Lipinski definition) is 3. The number of rotatable bonds is 5. The second kappa shape index (κ2) is 6.21. The number of nitriles is 1. The zero-order valence-corrected chi connectivity index (χ0v) is 10.3. The van der Waals surface area contributed by atoms with Crippen LogP contribution in [0.15, 0.2) is 18.2 Å². The van der Waals surface area contributed by atoms with Crippen molar-refractivity contribution in [3.05, 3.63) is 29.6 Å². The number of hydrogen-bond donors (Lipinski definition) is 1. The fourth-order valence-corrected chi connectivity index (χ4v) is 1.81. The molecule has 0 radical (unpaired) electrons. The summed E-state index contributed by atoms with van der Waals surface area (Å²) in [6.07, 6.45) is 0.448. The molecule has 0 aliphatic carbocycles. The monoisotopic (exact) mass is 235 g/mol.